The number of carbonyl (C=O) groups is 1. The van der Waals surface area contributed by atoms with Gasteiger partial charge in [0, 0.05) is 15.7 Å². The van der Waals surface area contributed by atoms with Crippen molar-refractivity contribution in [2.24, 2.45) is 5.92 Å². The largest absolute Gasteiger partial charge is 0.293 e. The average Bonchev–Trinajstić information content (AvgIpc) is 2.29. The molecule has 1 fully saturated rings. The van der Waals surface area contributed by atoms with Gasteiger partial charge in [-0.15, -0.1) is 11.8 Å². The second-order valence-corrected chi connectivity index (χ2v) is 5.73. The highest BCUT2D eigenvalue weighted by Gasteiger charge is 2.36. The molecule has 2 aliphatic carbocycles. The number of allylic oxidation sites excluding steroid dienone is 6. The van der Waals surface area contributed by atoms with Crippen LogP contribution in [0.4, 0.5) is 0 Å². The van der Waals surface area contributed by atoms with Gasteiger partial charge in [0.25, 0.3) is 0 Å². The topological polar surface area (TPSA) is 17.1 Å². The van der Waals surface area contributed by atoms with Gasteiger partial charge in [0.15, 0.2) is 5.78 Å². The van der Waals surface area contributed by atoms with Crippen LogP contribution in [0.1, 0.15) is 19.8 Å². The molecule has 0 aromatic rings. The first-order valence-corrected chi connectivity index (χ1v) is 6.62. The minimum atomic E-state index is 0.0650. The van der Waals surface area contributed by atoms with E-state index < -0.39 is 0 Å². The molecule has 2 unspecified atom stereocenters. The van der Waals surface area contributed by atoms with Crippen molar-refractivity contribution in [2.75, 3.05) is 0 Å². The van der Waals surface area contributed by atoms with Crippen molar-refractivity contribution in [1.82, 2.24) is 0 Å². The molecule has 2 heteroatoms. The zero-order valence-corrected chi connectivity index (χ0v) is 10.1. The number of fused-ring (bicyclic) bond motifs is 2. The molecule has 2 atom stereocenters. The predicted octanol–water partition coefficient (Wildman–Crippen LogP) is 3.41. The lowest BCUT2D eigenvalue weighted by Gasteiger charge is -2.32. The molecule has 3 aliphatic rings. The van der Waals surface area contributed by atoms with E-state index in [2.05, 4.69) is 37.3 Å². The predicted molar refractivity (Wildman–Crippen MR) is 68.2 cm³/mol. The van der Waals surface area contributed by atoms with E-state index in [1.54, 1.807) is 0 Å². The molecule has 1 saturated heterocycles. The van der Waals surface area contributed by atoms with Crippen molar-refractivity contribution in [3.63, 3.8) is 0 Å². The van der Waals surface area contributed by atoms with Gasteiger partial charge in [0.05, 0.1) is 5.92 Å². The number of ketones is 1. The summed E-state index contributed by atoms with van der Waals surface area (Å²) in [5.41, 5.74) is 2.24. The first-order valence-electron chi connectivity index (χ1n) is 5.74. The van der Waals surface area contributed by atoms with Gasteiger partial charge >= 0.3 is 0 Å². The monoisotopic (exact) mass is 230 g/mol. The molecule has 0 amide bonds. The fourth-order valence-corrected chi connectivity index (χ4v) is 3.90. The fourth-order valence-electron chi connectivity index (χ4n) is 2.44. The molecule has 0 N–H and O–H groups in total. The Kier molecular flexibility index (Phi) is 2.40. The van der Waals surface area contributed by atoms with Gasteiger partial charge in [-0.2, -0.15) is 0 Å². The smallest absolute Gasteiger partial charge is 0.171 e. The van der Waals surface area contributed by atoms with Crippen molar-refractivity contribution in [3.05, 3.63) is 46.4 Å². The second kappa shape index (κ2) is 3.77. The van der Waals surface area contributed by atoms with Crippen LogP contribution in [0.2, 0.25) is 0 Å². The van der Waals surface area contributed by atoms with Gasteiger partial charge in [-0.25, -0.2) is 0 Å². The minimum absolute atomic E-state index is 0.0650. The normalized spacial score (nSPS) is 32.3. The third-order valence-corrected chi connectivity index (χ3v) is 4.63. The first-order chi connectivity index (χ1) is 7.75. The molecule has 16 heavy (non-hydrogen) atoms. The summed E-state index contributed by atoms with van der Waals surface area (Å²) in [5.74, 6) is 0.380. The molecule has 0 radical (unpaired) electrons. The Morgan fingerprint density at radius 2 is 2.12 bits per heavy atom. The van der Waals surface area contributed by atoms with Crippen LogP contribution in [0, 0.1) is 5.92 Å². The summed E-state index contributed by atoms with van der Waals surface area (Å²) >= 11 is 1.85. The van der Waals surface area contributed by atoms with Crippen LogP contribution in [0.15, 0.2) is 46.4 Å². The van der Waals surface area contributed by atoms with E-state index in [1.165, 1.54) is 10.5 Å². The van der Waals surface area contributed by atoms with Crippen molar-refractivity contribution in [1.29, 1.82) is 0 Å². The molecule has 1 nitrogen and oxygen atoms in total. The maximum Gasteiger partial charge on any atom is 0.171 e. The molecule has 0 aromatic heterocycles. The lowest BCUT2D eigenvalue weighted by molar-refractivity contribution is -0.117. The summed E-state index contributed by atoms with van der Waals surface area (Å²) in [5, 5.41) is 0.319. The van der Waals surface area contributed by atoms with E-state index in [0.717, 1.165) is 18.4 Å². The van der Waals surface area contributed by atoms with Gasteiger partial charge in [-0.1, -0.05) is 36.0 Å². The van der Waals surface area contributed by atoms with Crippen LogP contribution in [-0.4, -0.2) is 11.0 Å². The second-order valence-electron chi connectivity index (χ2n) is 4.51. The van der Waals surface area contributed by atoms with Gasteiger partial charge < -0.3 is 0 Å². The van der Waals surface area contributed by atoms with Crippen LogP contribution in [0.25, 0.3) is 0 Å². The molecule has 0 spiro atoms. The summed E-state index contributed by atoms with van der Waals surface area (Å²) in [7, 11) is 0. The molecule has 82 valence electrons. The van der Waals surface area contributed by atoms with Crippen LogP contribution in [-0.2, 0) is 4.79 Å². The van der Waals surface area contributed by atoms with E-state index >= 15 is 0 Å². The number of thioether (sulfide) groups is 1. The molecular formula is C14H14OS. The summed E-state index contributed by atoms with van der Waals surface area (Å²) in [6, 6.07) is 0. The Bertz CT molecular complexity index is 465. The van der Waals surface area contributed by atoms with Gasteiger partial charge in [-0.05, 0) is 19.8 Å². The standard InChI is InChI=1S/C14H14OS/c1-9-6-7-11-13(8-9)16-12-5-3-2-4-10(12)14(11)15/h4-8,11,13H,2-3H2,1H3. The van der Waals surface area contributed by atoms with Crippen molar-refractivity contribution < 1.29 is 4.79 Å². The molecule has 3 rings (SSSR count). The number of carbonyl (C=O) groups excluding carboxylic acids is 1. The van der Waals surface area contributed by atoms with Crippen LogP contribution in [0.5, 0.6) is 0 Å². The Labute approximate surface area is 100.0 Å². The summed E-state index contributed by atoms with van der Waals surface area (Å²) in [4.78, 5) is 13.5. The Morgan fingerprint density at radius 1 is 1.31 bits per heavy atom. The molecular weight excluding hydrogens is 216 g/mol. The van der Waals surface area contributed by atoms with Gasteiger partial charge in [0.2, 0.25) is 0 Å². The van der Waals surface area contributed by atoms with Crippen molar-refractivity contribution in [2.45, 2.75) is 25.0 Å². The van der Waals surface area contributed by atoms with E-state index in [9.17, 15) is 4.79 Å². The highest BCUT2D eigenvalue weighted by Crippen LogP contribution is 2.44. The maximum atomic E-state index is 12.3. The zero-order valence-electron chi connectivity index (χ0n) is 9.27. The van der Waals surface area contributed by atoms with Crippen molar-refractivity contribution in [3.8, 4) is 0 Å². The Balaban J connectivity index is 1.99. The quantitative estimate of drug-likeness (QED) is 0.634. The van der Waals surface area contributed by atoms with E-state index in [0.29, 0.717) is 11.0 Å². The van der Waals surface area contributed by atoms with Crippen molar-refractivity contribution >= 4 is 17.5 Å². The molecule has 0 aromatic carbocycles. The lowest BCUT2D eigenvalue weighted by atomic mass is 9.87. The third kappa shape index (κ3) is 1.52. The summed E-state index contributed by atoms with van der Waals surface area (Å²) in [6.07, 6.45) is 12.8. The number of Topliss-reactive ketones (excluding diaryl/α,β-unsaturated/α-hetero) is 1. The van der Waals surface area contributed by atoms with Gasteiger partial charge in [-0.3, -0.25) is 4.79 Å². The van der Waals surface area contributed by atoms with Crippen LogP contribution < -0.4 is 0 Å². The highest BCUT2D eigenvalue weighted by molar-refractivity contribution is 8.04. The molecule has 1 aliphatic heterocycles. The number of rotatable bonds is 0. The van der Waals surface area contributed by atoms with Gasteiger partial charge in [0.1, 0.15) is 0 Å². The number of hydrogen-bond donors (Lipinski definition) is 0. The van der Waals surface area contributed by atoms with E-state index in [1.807, 2.05) is 11.8 Å². The average molecular weight is 230 g/mol. The fraction of sp³-hybridized carbons (Fsp3) is 0.357. The maximum absolute atomic E-state index is 12.3. The SMILES string of the molecule is CC1=CC2SC3=CCCC=C3C(=O)C2C=C1. The summed E-state index contributed by atoms with van der Waals surface area (Å²) in [6.45, 7) is 2.10. The zero-order chi connectivity index (χ0) is 11.1. The molecule has 0 saturated carbocycles. The van der Waals surface area contributed by atoms with Crippen LogP contribution in [0.3, 0.4) is 0 Å². The molecule has 1 heterocycles. The first kappa shape index (κ1) is 10.2. The van der Waals surface area contributed by atoms with Crippen LogP contribution >= 0.6 is 11.8 Å². The van der Waals surface area contributed by atoms with E-state index in [-0.39, 0.29) is 5.92 Å². The summed E-state index contributed by atoms with van der Waals surface area (Å²) < 4.78 is 0. The number of hydrogen-bond acceptors (Lipinski definition) is 2. The minimum Gasteiger partial charge on any atom is -0.293 e. The van der Waals surface area contributed by atoms with E-state index in [4.69, 9.17) is 0 Å². The Hall–Kier alpha value is -1.02. The highest BCUT2D eigenvalue weighted by atomic mass is 32.2. The Morgan fingerprint density at radius 3 is 3.00 bits per heavy atom. The third-order valence-electron chi connectivity index (χ3n) is 3.29. The molecule has 0 bridgehead atoms. The lowest BCUT2D eigenvalue weighted by Crippen LogP contribution is -2.31.